The predicted octanol–water partition coefficient (Wildman–Crippen LogP) is 4.67. The molecule has 8 heteroatoms. The molecule has 3 aromatic heterocycles. The molecule has 0 bridgehead atoms. The number of carbonyl (C=O) groups excluding carboxylic acids is 1. The molecule has 28 heavy (non-hydrogen) atoms. The number of hydrogen-bond donors (Lipinski definition) is 1. The average molecular weight is 382 g/mol. The molecule has 0 spiro atoms. The van der Waals surface area contributed by atoms with Crippen LogP contribution >= 0.6 is 0 Å². The SMILES string of the molecule is CC(C)c1cnc2nn(-c3cc(NC(=O)c4ccc(F)o4)ccc3F)cc2c1. The smallest absolute Gasteiger partial charge is 0.291 e. The van der Waals surface area contributed by atoms with Crippen LogP contribution in [0.25, 0.3) is 16.7 Å². The van der Waals surface area contributed by atoms with Crippen molar-refractivity contribution in [2.24, 2.45) is 0 Å². The summed E-state index contributed by atoms with van der Waals surface area (Å²) in [4.78, 5) is 16.4. The first kappa shape index (κ1) is 17.8. The first-order valence-electron chi connectivity index (χ1n) is 8.62. The van der Waals surface area contributed by atoms with Crippen molar-refractivity contribution in [1.82, 2.24) is 14.8 Å². The van der Waals surface area contributed by atoms with Crippen molar-refractivity contribution in [2.45, 2.75) is 19.8 Å². The van der Waals surface area contributed by atoms with Crippen molar-refractivity contribution >= 4 is 22.6 Å². The fourth-order valence-corrected chi connectivity index (χ4v) is 2.77. The van der Waals surface area contributed by atoms with Gasteiger partial charge in [-0.3, -0.25) is 4.79 Å². The van der Waals surface area contributed by atoms with Crippen LogP contribution in [-0.4, -0.2) is 20.7 Å². The molecule has 3 heterocycles. The first-order chi connectivity index (χ1) is 13.4. The van der Waals surface area contributed by atoms with E-state index in [4.69, 9.17) is 0 Å². The van der Waals surface area contributed by atoms with Crippen molar-refractivity contribution in [2.75, 3.05) is 5.32 Å². The Morgan fingerprint density at radius 2 is 2.00 bits per heavy atom. The zero-order valence-corrected chi connectivity index (χ0v) is 15.1. The molecule has 0 aliphatic heterocycles. The molecule has 6 nitrogen and oxygen atoms in total. The van der Waals surface area contributed by atoms with Crippen LogP contribution in [0.3, 0.4) is 0 Å². The zero-order valence-electron chi connectivity index (χ0n) is 15.1. The molecule has 1 amide bonds. The number of aromatic nitrogens is 3. The Kier molecular flexibility index (Phi) is 4.38. The lowest BCUT2D eigenvalue weighted by molar-refractivity contribution is 0.0988. The third-order valence-electron chi connectivity index (χ3n) is 4.29. The van der Waals surface area contributed by atoms with E-state index < -0.39 is 17.7 Å². The predicted molar refractivity (Wildman–Crippen MR) is 99.5 cm³/mol. The van der Waals surface area contributed by atoms with Crippen LogP contribution in [0.4, 0.5) is 14.5 Å². The summed E-state index contributed by atoms with van der Waals surface area (Å²) in [5.74, 6) is -1.03. The summed E-state index contributed by atoms with van der Waals surface area (Å²) in [5, 5.41) is 7.64. The van der Waals surface area contributed by atoms with E-state index in [2.05, 4.69) is 33.7 Å². The second-order valence-corrected chi connectivity index (χ2v) is 6.63. The maximum Gasteiger partial charge on any atom is 0.291 e. The molecule has 0 fully saturated rings. The van der Waals surface area contributed by atoms with Gasteiger partial charge in [0.2, 0.25) is 0 Å². The Morgan fingerprint density at radius 3 is 2.71 bits per heavy atom. The van der Waals surface area contributed by atoms with Gasteiger partial charge < -0.3 is 9.73 Å². The third kappa shape index (κ3) is 3.36. The van der Waals surface area contributed by atoms with Crippen LogP contribution in [0.5, 0.6) is 0 Å². The summed E-state index contributed by atoms with van der Waals surface area (Å²) in [6.45, 7) is 4.12. The van der Waals surface area contributed by atoms with Crippen molar-refractivity contribution in [3.05, 3.63) is 71.9 Å². The Bertz CT molecular complexity index is 1180. The summed E-state index contributed by atoms with van der Waals surface area (Å²) in [6, 6.07) is 7.40. The molecule has 0 unspecified atom stereocenters. The van der Waals surface area contributed by atoms with Crippen LogP contribution < -0.4 is 5.32 Å². The van der Waals surface area contributed by atoms with E-state index in [0.717, 1.165) is 17.0 Å². The third-order valence-corrected chi connectivity index (χ3v) is 4.29. The standard InChI is InChI=1S/C20H16F2N4O2/c1-11(2)12-7-13-10-26(25-19(13)23-9-12)16-8-14(3-4-15(16)21)24-20(27)17-5-6-18(22)28-17/h3-11H,1-2H3,(H,24,27). The molecular weight excluding hydrogens is 366 g/mol. The van der Waals surface area contributed by atoms with E-state index in [0.29, 0.717) is 17.3 Å². The highest BCUT2D eigenvalue weighted by atomic mass is 19.1. The lowest BCUT2D eigenvalue weighted by atomic mass is 10.1. The summed E-state index contributed by atoms with van der Waals surface area (Å²) < 4.78 is 33.3. The van der Waals surface area contributed by atoms with Gasteiger partial charge >= 0.3 is 0 Å². The summed E-state index contributed by atoms with van der Waals surface area (Å²) >= 11 is 0. The molecule has 4 rings (SSSR count). The molecule has 0 saturated carbocycles. The van der Waals surface area contributed by atoms with Crippen LogP contribution in [0.15, 0.2) is 53.2 Å². The summed E-state index contributed by atoms with van der Waals surface area (Å²) in [7, 11) is 0. The second kappa shape index (κ2) is 6.88. The Hall–Kier alpha value is -3.55. The van der Waals surface area contributed by atoms with Gasteiger partial charge in [0, 0.05) is 29.5 Å². The maximum atomic E-state index is 14.4. The number of hydrogen-bond acceptors (Lipinski definition) is 4. The van der Waals surface area contributed by atoms with Crippen molar-refractivity contribution in [3.8, 4) is 5.69 Å². The average Bonchev–Trinajstić information content (AvgIpc) is 3.28. The molecule has 4 aromatic rings. The first-order valence-corrected chi connectivity index (χ1v) is 8.62. The molecule has 0 atom stereocenters. The lowest BCUT2D eigenvalue weighted by Gasteiger charge is -2.07. The molecular formula is C20H16F2N4O2. The number of furan rings is 1. The van der Waals surface area contributed by atoms with E-state index in [9.17, 15) is 13.6 Å². The van der Waals surface area contributed by atoms with Gasteiger partial charge in [-0.15, -0.1) is 5.10 Å². The Labute approximate surface area is 158 Å². The number of carbonyl (C=O) groups is 1. The van der Waals surface area contributed by atoms with Crippen molar-refractivity contribution in [1.29, 1.82) is 0 Å². The van der Waals surface area contributed by atoms with E-state index in [-0.39, 0.29) is 11.4 Å². The lowest BCUT2D eigenvalue weighted by Crippen LogP contribution is -2.11. The largest absolute Gasteiger partial charge is 0.426 e. The Morgan fingerprint density at radius 1 is 1.18 bits per heavy atom. The van der Waals surface area contributed by atoms with Gasteiger partial charge in [-0.2, -0.15) is 4.39 Å². The van der Waals surface area contributed by atoms with E-state index >= 15 is 0 Å². The molecule has 1 N–H and O–H groups in total. The van der Waals surface area contributed by atoms with Gasteiger partial charge in [-0.05, 0) is 41.8 Å². The monoisotopic (exact) mass is 382 g/mol. The number of benzene rings is 1. The van der Waals surface area contributed by atoms with Gasteiger partial charge in [-0.1, -0.05) is 13.8 Å². The highest BCUT2D eigenvalue weighted by Gasteiger charge is 2.14. The van der Waals surface area contributed by atoms with E-state index in [1.807, 2.05) is 6.07 Å². The zero-order chi connectivity index (χ0) is 19.8. The minimum Gasteiger partial charge on any atom is -0.426 e. The van der Waals surface area contributed by atoms with E-state index in [1.54, 1.807) is 12.4 Å². The van der Waals surface area contributed by atoms with Gasteiger partial charge in [0.05, 0.1) is 0 Å². The topological polar surface area (TPSA) is 73.0 Å². The highest BCUT2D eigenvalue weighted by molar-refractivity contribution is 6.02. The minimum absolute atomic E-state index is 0.146. The molecule has 0 aliphatic carbocycles. The van der Waals surface area contributed by atoms with Crippen LogP contribution in [-0.2, 0) is 0 Å². The minimum atomic E-state index is -0.860. The number of pyridine rings is 1. The molecule has 0 radical (unpaired) electrons. The van der Waals surface area contributed by atoms with Crippen LogP contribution in [0.1, 0.15) is 35.9 Å². The Balaban J connectivity index is 1.67. The van der Waals surface area contributed by atoms with E-state index in [1.165, 1.54) is 28.9 Å². The molecule has 142 valence electrons. The quantitative estimate of drug-likeness (QED) is 0.557. The number of amides is 1. The number of anilines is 1. The second-order valence-electron chi connectivity index (χ2n) is 6.63. The number of halogens is 2. The fraction of sp³-hybridized carbons (Fsp3) is 0.150. The number of fused-ring (bicyclic) bond motifs is 1. The van der Waals surface area contributed by atoms with Crippen molar-refractivity contribution < 1.29 is 18.0 Å². The van der Waals surface area contributed by atoms with Gasteiger partial charge in [0.1, 0.15) is 11.5 Å². The fourth-order valence-electron chi connectivity index (χ4n) is 2.77. The van der Waals surface area contributed by atoms with Crippen molar-refractivity contribution in [3.63, 3.8) is 0 Å². The maximum absolute atomic E-state index is 14.4. The molecule has 1 aromatic carbocycles. The van der Waals surface area contributed by atoms with Crippen LogP contribution in [0.2, 0.25) is 0 Å². The highest BCUT2D eigenvalue weighted by Crippen LogP contribution is 2.23. The normalized spacial score (nSPS) is 11.3. The summed E-state index contributed by atoms with van der Waals surface area (Å²) in [5.41, 5.74) is 2.00. The van der Waals surface area contributed by atoms with Gasteiger partial charge in [0.15, 0.2) is 11.4 Å². The molecule has 0 aliphatic rings. The van der Waals surface area contributed by atoms with Crippen LogP contribution in [0, 0.1) is 11.8 Å². The number of nitrogens with zero attached hydrogens (tertiary/aromatic N) is 3. The van der Waals surface area contributed by atoms with Gasteiger partial charge in [-0.25, -0.2) is 14.1 Å². The summed E-state index contributed by atoms with van der Waals surface area (Å²) in [6.07, 6.45) is 3.43. The van der Waals surface area contributed by atoms with Gasteiger partial charge in [0.25, 0.3) is 11.9 Å². The molecule has 0 saturated heterocycles. The number of nitrogens with one attached hydrogen (secondary N) is 1. The number of rotatable bonds is 4.